The second-order valence-corrected chi connectivity index (χ2v) is 7.78. The molecule has 4 heterocycles. The Morgan fingerprint density at radius 2 is 2.06 bits per heavy atom. The quantitative estimate of drug-likeness (QED) is 0.450. The fourth-order valence-corrected chi connectivity index (χ4v) is 4.14. The van der Waals surface area contributed by atoms with Gasteiger partial charge in [0.05, 0.1) is 11.9 Å². The molecule has 3 N–H and O–H groups in total. The average Bonchev–Trinajstić information content (AvgIpc) is 3.50. The van der Waals surface area contributed by atoms with Crippen LogP contribution in [-0.4, -0.2) is 51.1 Å². The number of nitrogens with one attached hydrogen (secondary N) is 3. The number of piperidine rings is 1. The minimum atomic E-state index is -0.00676. The number of rotatable bonds is 6. The molecule has 1 atom stereocenters. The van der Waals surface area contributed by atoms with Crippen LogP contribution in [0, 0.1) is 0 Å². The maximum Gasteiger partial charge on any atom is 0.239 e. The summed E-state index contributed by atoms with van der Waals surface area (Å²) in [6, 6.07) is 14.1. The summed E-state index contributed by atoms with van der Waals surface area (Å²) in [6.07, 6.45) is 9.43. The van der Waals surface area contributed by atoms with Crippen LogP contribution in [0.2, 0.25) is 0 Å². The van der Waals surface area contributed by atoms with Gasteiger partial charge in [-0.2, -0.15) is 0 Å². The van der Waals surface area contributed by atoms with E-state index < -0.39 is 0 Å². The van der Waals surface area contributed by atoms with Crippen LogP contribution in [-0.2, 0) is 4.79 Å². The molecule has 31 heavy (non-hydrogen) atoms. The van der Waals surface area contributed by atoms with Crippen molar-refractivity contribution in [3.8, 4) is 5.69 Å². The summed E-state index contributed by atoms with van der Waals surface area (Å²) in [4.78, 5) is 26.7. The molecule has 1 fully saturated rings. The van der Waals surface area contributed by atoms with E-state index in [0.29, 0.717) is 0 Å². The minimum absolute atomic E-state index is 0.00676. The molecule has 1 amide bonds. The Kier molecular flexibility index (Phi) is 5.26. The van der Waals surface area contributed by atoms with E-state index in [9.17, 15) is 4.79 Å². The molecule has 0 saturated carbocycles. The lowest BCUT2D eigenvalue weighted by Gasteiger charge is -2.34. The summed E-state index contributed by atoms with van der Waals surface area (Å²) in [5.74, 6) is 0.915. The number of benzene rings is 1. The number of fused-ring (bicyclic) bond motifs is 1. The Hall–Kier alpha value is -3.81. The second-order valence-electron chi connectivity index (χ2n) is 7.78. The number of anilines is 2. The highest BCUT2D eigenvalue weighted by Crippen LogP contribution is 2.25. The van der Waals surface area contributed by atoms with Gasteiger partial charge in [0.25, 0.3) is 0 Å². The number of nitrogens with zero attached hydrogens (tertiary/aromatic N) is 4. The van der Waals surface area contributed by atoms with Crippen LogP contribution in [0.15, 0.2) is 67.4 Å². The van der Waals surface area contributed by atoms with Crippen LogP contribution in [0.5, 0.6) is 0 Å². The van der Waals surface area contributed by atoms with Crippen molar-refractivity contribution in [1.29, 1.82) is 0 Å². The van der Waals surface area contributed by atoms with Crippen LogP contribution < -0.4 is 15.5 Å². The highest BCUT2D eigenvalue weighted by molar-refractivity contribution is 5.87. The maximum atomic E-state index is 12.6. The van der Waals surface area contributed by atoms with Crippen LogP contribution >= 0.6 is 0 Å². The van der Waals surface area contributed by atoms with Gasteiger partial charge in [-0.25, -0.2) is 9.97 Å². The van der Waals surface area contributed by atoms with E-state index in [2.05, 4.69) is 30.5 Å². The van der Waals surface area contributed by atoms with Crippen molar-refractivity contribution in [2.75, 3.05) is 29.9 Å². The highest BCUT2D eigenvalue weighted by atomic mass is 16.2. The molecule has 3 aromatic heterocycles. The first-order valence-electron chi connectivity index (χ1n) is 10.6. The van der Waals surface area contributed by atoms with Gasteiger partial charge in [0.15, 0.2) is 0 Å². The molecule has 1 saturated heterocycles. The lowest BCUT2D eigenvalue weighted by atomic mass is 10.1. The van der Waals surface area contributed by atoms with Gasteiger partial charge in [0, 0.05) is 49.1 Å². The summed E-state index contributed by atoms with van der Waals surface area (Å²) in [5.41, 5.74) is 2.81. The number of carbonyl (C=O) groups excluding carboxylic acids is 1. The minimum Gasteiger partial charge on any atom is -0.376 e. The average molecular weight is 416 g/mol. The van der Waals surface area contributed by atoms with E-state index in [1.807, 2.05) is 65.6 Å². The van der Waals surface area contributed by atoms with Crippen molar-refractivity contribution in [3.05, 3.63) is 67.4 Å². The third-order valence-corrected chi connectivity index (χ3v) is 5.62. The number of H-pyrrole nitrogens is 1. The van der Waals surface area contributed by atoms with E-state index >= 15 is 0 Å². The van der Waals surface area contributed by atoms with Gasteiger partial charge < -0.3 is 25.1 Å². The second kappa shape index (κ2) is 8.51. The number of aromatic nitrogens is 4. The number of carbonyl (C=O) groups is 1. The standard InChI is InChI=1S/C23H25N7O/c31-21(14-25-17-5-3-7-19(13-17)29-10-1-2-11-29)28-18-6-4-12-30(15-18)23-20-8-9-24-22(20)26-16-27-23/h1-3,5,7-11,13,16,18,25H,4,6,12,14-15H2,(H,28,31)(H,24,26,27)/t18-/m1/s1. The summed E-state index contributed by atoms with van der Waals surface area (Å²) in [6.45, 7) is 1.90. The van der Waals surface area contributed by atoms with Crippen LogP contribution in [0.1, 0.15) is 12.8 Å². The third-order valence-electron chi connectivity index (χ3n) is 5.62. The highest BCUT2D eigenvalue weighted by Gasteiger charge is 2.23. The molecule has 0 unspecified atom stereocenters. The van der Waals surface area contributed by atoms with E-state index in [4.69, 9.17) is 0 Å². The summed E-state index contributed by atoms with van der Waals surface area (Å²) >= 11 is 0. The number of amides is 1. The van der Waals surface area contributed by atoms with Gasteiger partial charge in [-0.3, -0.25) is 4.79 Å². The van der Waals surface area contributed by atoms with Crippen molar-refractivity contribution in [3.63, 3.8) is 0 Å². The van der Waals surface area contributed by atoms with Crippen LogP contribution in [0.25, 0.3) is 16.7 Å². The number of hydrogen-bond donors (Lipinski definition) is 3. The van der Waals surface area contributed by atoms with Crippen LogP contribution in [0.3, 0.4) is 0 Å². The zero-order valence-electron chi connectivity index (χ0n) is 17.2. The fraction of sp³-hybridized carbons (Fsp3) is 0.261. The molecule has 1 aromatic carbocycles. The first-order valence-corrected chi connectivity index (χ1v) is 10.6. The zero-order chi connectivity index (χ0) is 21.0. The molecule has 0 bridgehead atoms. The molecular weight excluding hydrogens is 390 g/mol. The number of aromatic amines is 1. The third kappa shape index (κ3) is 4.23. The van der Waals surface area contributed by atoms with Gasteiger partial charge in [0.2, 0.25) is 5.91 Å². The first-order chi connectivity index (χ1) is 15.3. The first kappa shape index (κ1) is 19.2. The molecule has 1 aliphatic heterocycles. The fourth-order valence-electron chi connectivity index (χ4n) is 4.14. The van der Waals surface area contributed by atoms with E-state index in [0.717, 1.165) is 54.2 Å². The largest absolute Gasteiger partial charge is 0.376 e. The lowest BCUT2D eigenvalue weighted by Crippen LogP contribution is -2.49. The molecule has 0 radical (unpaired) electrons. The smallest absolute Gasteiger partial charge is 0.239 e. The van der Waals surface area contributed by atoms with Crippen molar-refractivity contribution >= 4 is 28.4 Å². The lowest BCUT2D eigenvalue weighted by molar-refractivity contribution is -0.120. The Bertz CT molecular complexity index is 1170. The molecule has 8 nitrogen and oxygen atoms in total. The van der Waals surface area contributed by atoms with Gasteiger partial charge in [-0.1, -0.05) is 6.07 Å². The predicted molar refractivity (Wildman–Crippen MR) is 122 cm³/mol. The maximum absolute atomic E-state index is 12.6. The topological polar surface area (TPSA) is 90.9 Å². The molecule has 0 spiro atoms. The number of hydrogen-bond acceptors (Lipinski definition) is 5. The molecular formula is C23H25N7O. The van der Waals surface area contributed by atoms with Crippen molar-refractivity contribution in [2.45, 2.75) is 18.9 Å². The van der Waals surface area contributed by atoms with E-state index in [-0.39, 0.29) is 18.5 Å². The summed E-state index contributed by atoms with van der Waals surface area (Å²) in [7, 11) is 0. The van der Waals surface area contributed by atoms with Gasteiger partial charge in [-0.05, 0) is 49.2 Å². The van der Waals surface area contributed by atoms with Gasteiger partial charge in [0.1, 0.15) is 17.8 Å². The normalized spacial score (nSPS) is 16.4. The van der Waals surface area contributed by atoms with Crippen LogP contribution in [0.4, 0.5) is 11.5 Å². The summed E-state index contributed by atoms with van der Waals surface area (Å²) < 4.78 is 2.04. The van der Waals surface area contributed by atoms with Gasteiger partial charge in [-0.15, -0.1) is 0 Å². The summed E-state index contributed by atoms with van der Waals surface area (Å²) in [5, 5.41) is 7.42. The van der Waals surface area contributed by atoms with Crippen molar-refractivity contribution in [2.24, 2.45) is 0 Å². The van der Waals surface area contributed by atoms with E-state index in [1.165, 1.54) is 0 Å². The monoisotopic (exact) mass is 415 g/mol. The molecule has 4 aromatic rings. The molecule has 5 rings (SSSR count). The van der Waals surface area contributed by atoms with Crippen molar-refractivity contribution < 1.29 is 4.79 Å². The molecule has 8 heteroatoms. The van der Waals surface area contributed by atoms with Gasteiger partial charge >= 0.3 is 0 Å². The Labute approximate surface area is 180 Å². The molecule has 1 aliphatic rings. The Morgan fingerprint density at radius 1 is 1.16 bits per heavy atom. The predicted octanol–water partition coefficient (Wildman–Crippen LogP) is 2.95. The Balaban J connectivity index is 1.18. The molecule has 0 aliphatic carbocycles. The SMILES string of the molecule is O=C(CNc1cccc(-n2cccc2)c1)N[C@@H]1CCCN(c2ncnc3[nH]ccc23)C1. The van der Waals surface area contributed by atoms with Crippen molar-refractivity contribution in [1.82, 2.24) is 24.8 Å². The Morgan fingerprint density at radius 3 is 2.97 bits per heavy atom. The van der Waals surface area contributed by atoms with E-state index in [1.54, 1.807) is 6.33 Å². The zero-order valence-corrected chi connectivity index (χ0v) is 17.2. The molecule has 158 valence electrons.